The summed E-state index contributed by atoms with van der Waals surface area (Å²) in [6.07, 6.45) is 2.87. The van der Waals surface area contributed by atoms with Gasteiger partial charge in [-0.25, -0.2) is 18.5 Å². The van der Waals surface area contributed by atoms with Gasteiger partial charge < -0.3 is 5.73 Å². The number of hydrogen-bond donors (Lipinski definition) is 2. The van der Waals surface area contributed by atoms with Crippen LogP contribution in [0.3, 0.4) is 0 Å². The maximum absolute atomic E-state index is 13.4. The molecule has 7 nitrogen and oxygen atoms in total. The number of aromatic nitrogens is 2. The molecule has 0 aliphatic heterocycles. The molecule has 1 aliphatic rings. The molecule has 16 heavy (non-hydrogen) atoms. The van der Waals surface area contributed by atoms with Crippen LogP contribution in [0.25, 0.3) is 0 Å². The second-order valence-corrected chi connectivity index (χ2v) is 5.20. The van der Waals surface area contributed by atoms with E-state index in [1.165, 1.54) is 4.68 Å². The Kier molecular flexibility index (Phi) is 2.43. The van der Waals surface area contributed by atoms with Crippen LogP contribution in [0.15, 0.2) is 15.6 Å². The van der Waals surface area contributed by atoms with Gasteiger partial charge in [-0.2, -0.15) is 5.10 Å². The Morgan fingerprint density at radius 3 is 2.81 bits per heavy atom. The highest BCUT2D eigenvalue weighted by molar-refractivity contribution is 7.91. The van der Waals surface area contributed by atoms with Crippen LogP contribution in [-0.4, -0.2) is 20.0 Å². The van der Waals surface area contributed by atoms with E-state index >= 15 is 0 Å². The van der Waals surface area contributed by atoms with Crippen LogP contribution in [0.1, 0.15) is 18.9 Å². The second-order valence-electron chi connectivity index (χ2n) is 3.49. The molecule has 0 radical (unpaired) electrons. The first kappa shape index (κ1) is 11.0. The molecule has 1 fully saturated rings. The van der Waals surface area contributed by atoms with Crippen molar-refractivity contribution in [2.75, 3.05) is 0 Å². The molecule has 1 saturated carbocycles. The van der Waals surface area contributed by atoms with Crippen LogP contribution < -0.4 is 10.9 Å². The first-order valence-electron chi connectivity index (χ1n) is 4.49. The number of carbonyl (C=O) groups is 1. The minimum Gasteiger partial charge on any atom is -0.349 e. The molecule has 4 N–H and O–H groups in total. The van der Waals surface area contributed by atoms with Gasteiger partial charge in [0.1, 0.15) is 0 Å². The van der Waals surface area contributed by atoms with Crippen LogP contribution in [0.4, 0.5) is 9.18 Å². The SMILES string of the molecule is NC(=O)N=S(N)(=O)c1nn(C2CC2)cc1F. The van der Waals surface area contributed by atoms with Gasteiger partial charge in [0, 0.05) is 0 Å². The van der Waals surface area contributed by atoms with Crippen LogP contribution in [0.2, 0.25) is 0 Å². The molecule has 1 atom stereocenters. The van der Waals surface area contributed by atoms with Crippen molar-refractivity contribution in [1.29, 1.82) is 0 Å². The summed E-state index contributed by atoms with van der Waals surface area (Å²) in [6.45, 7) is 0. The molecule has 1 aliphatic carbocycles. The third kappa shape index (κ3) is 2.04. The van der Waals surface area contributed by atoms with E-state index in [0.717, 1.165) is 19.0 Å². The van der Waals surface area contributed by atoms with Gasteiger partial charge in [0.2, 0.25) is 5.03 Å². The van der Waals surface area contributed by atoms with Crippen LogP contribution in [-0.2, 0) is 9.92 Å². The molecule has 2 amide bonds. The Hall–Kier alpha value is -1.48. The number of primary amides is 1. The van der Waals surface area contributed by atoms with Crippen LogP contribution in [0.5, 0.6) is 0 Å². The highest BCUT2D eigenvalue weighted by Crippen LogP contribution is 2.34. The minimum atomic E-state index is -3.68. The lowest BCUT2D eigenvalue weighted by Gasteiger charge is -1.98. The molecule has 0 spiro atoms. The summed E-state index contributed by atoms with van der Waals surface area (Å²) in [4.78, 5) is 10.5. The minimum absolute atomic E-state index is 0.118. The van der Waals surface area contributed by atoms with Gasteiger partial charge in [0.05, 0.1) is 12.2 Å². The molecule has 0 saturated heterocycles. The summed E-state index contributed by atoms with van der Waals surface area (Å²) >= 11 is 0. The number of halogens is 1. The fraction of sp³-hybridized carbons (Fsp3) is 0.429. The Bertz CT molecular complexity index is 555. The van der Waals surface area contributed by atoms with Gasteiger partial charge in [-0.3, -0.25) is 4.68 Å². The fourth-order valence-corrected chi connectivity index (χ4v) is 2.15. The third-order valence-corrected chi connectivity index (χ3v) is 3.36. The molecule has 1 aromatic heterocycles. The Morgan fingerprint density at radius 1 is 1.69 bits per heavy atom. The molecule has 0 bridgehead atoms. The zero-order valence-corrected chi connectivity index (χ0v) is 8.98. The standard InChI is InChI=1S/C7H10FN5O2S/c8-5-3-13(4-1-2-4)11-6(5)16(10,15)12-7(9)14/h3-4H,1-2H2,(H4,9,10,12,14,15). The maximum atomic E-state index is 13.4. The Morgan fingerprint density at radius 2 is 2.31 bits per heavy atom. The van der Waals surface area contributed by atoms with Crippen molar-refractivity contribution >= 4 is 15.9 Å². The van der Waals surface area contributed by atoms with E-state index in [-0.39, 0.29) is 6.04 Å². The van der Waals surface area contributed by atoms with Gasteiger partial charge in [0.25, 0.3) is 0 Å². The van der Waals surface area contributed by atoms with E-state index < -0.39 is 26.8 Å². The van der Waals surface area contributed by atoms with Crippen molar-refractivity contribution in [1.82, 2.24) is 9.78 Å². The number of nitrogens with zero attached hydrogens (tertiary/aromatic N) is 3. The lowest BCUT2D eigenvalue weighted by Crippen LogP contribution is -2.19. The van der Waals surface area contributed by atoms with E-state index in [4.69, 9.17) is 10.9 Å². The molecule has 1 unspecified atom stereocenters. The average molecular weight is 247 g/mol. The molecular weight excluding hydrogens is 237 g/mol. The normalized spacial score (nSPS) is 19.1. The van der Waals surface area contributed by atoms with Gasteiger partial charge in [-0.1, -0.05) is 0 Å². The van der Waals surface area contributed by atoms with E-state index in [1.807, 2.05) is 0 Å². The molecular formula is C7H10FN5O2S. The van der Waals surface area contributed by atoms with Gasteiger partial charge >= 0.3 is 6.03 Å². The quantitative estimate of drug-likeness (QED) is 0.773. The van der Waals surface area contributed by atoms with E-state index in [2.05, 4.69) is 9.46 Å². The smallest absolute Gasteiger partial charge is 0.347 e. The van der Waals surface area contributed by atoms with Crippen molar-refractivity contribution in [3.63, 3.8) is 0 Å². The lowest BCUT2D eigenvalue weighted by molar-refractivity contribution is 0.257. The van der Waals surface area contributed by atoms with Crippen molar-refractivity contribution in [2.24, 2.45) is 15.2 Å². The van der Waals surface area contributed by atoms with E-state index in [9.17, 15) is 13.4 Å². The van der Waals surface area contributed by atoms with Crippen LogP contribution in [0, 0.1) is 5.82 Å². The third-order valence-electron chi connectivity index (χ3n) is 2.08. The molecule has 0 aromatic carbocycles. The highest BCUT2D eigenvalue weighted by Gasteiger charge is 2.28. The zero-order chi connectivity index (χ0) is 11.9. The summed E-state index contributed by atoms with van der Waals surface area (Å²) in [7, 11) is -3.68. The lowest BCUT2D eigenvalue weighted by atomic mass is 10.6. The summed E-state index contributed by atoms with van der Waals surface area (Å²) in [5.74, 6) is -0.843. The predicted octanol–water partition coefficient (Wildman–Crippen LogP) is 0.136. The number of rotatable bonds is 2. The zero-order valence-electron chi connectivity index (χ0n) is 8.17. The predicted molar refractivity (Wildman–Crippen MR) is 53.1 cm³/mol. The number of urea groups is 1. The van der Waals surface area contributed by atoms with E-state index in [0.29, 0.717) is 0 Å². The second kappa shape index (κ2) is 3.52. The molecule has 1 aromatic rings. The van der Waals surface area contributed by atoms with Crippen LogP contribution >= 0.6 is 0 Å². The number of amides is 2. The monoisotopic (exact) mass is 247 g/mol. The number of hydrogen-bond acceptors (Lipinski definition) is 3. The van der Waals surface area contributed by atoms with Gasteiger partial charge in [0.15, 0.2) is 15.7 Å². The summed E-state index contributed by atoms with van der Waals surface area (Å²) in [5, 5.41) is 8.42. The van der Waals surface area contributed by atoms with Crippen molar-refractivity contribution in [2.45, 2.75) is 23.9 Å². The number of carbonyl (C=O) groups excluding carboxylic acids is 1. The summed E-state index contributed by atoms with van der Waals surface area (Å²) in [5.41, 5.74) is 4.72. The topological polar surface area (TPSA) is 116 Å². The highest BCUT2D eigenvalue weighted by atomic mass is 32.2. The number of nitrogens with two attached hydrogens (primary N) is 2. The largest absolute Gasteiger partial charge is 0.349 e. The van der Waals surface area contributed by atoms with Crippen molar-refractivity contribution < 1.29 is 13.4 Å². The first-order chi connectivity index (χ1) is 7.40. The molecule has 9 heteroatoms. The summed E-state index contributed by atoms with van der Waals surface area (Å²) < 4.78 is 29.4. The Balaban J connectivity index is 2.47. The van der Waals surface area contributed by atoms with Gasteiger partial charge in [-0.15, -0.1) is 4.36 Å². The molecule has 1 heterocycles. The fourth-order valence-electron chi connectivity index (χ4n) is 1.25. The Labute approximate surface area is 90.9 Å². The van der Waals surface area contributed by atoms with Gasteiger partial charge in [-0.05, 0) is 12.8 Å². The molecule has 88 valence electrons. The first-order valence-corrected chi connectivity index (χ1v) is 6.07. The summed E-state index contributed by atoms with van der Waals surface area (Å²) in [6, 6.07) is -1.10. The molecule has 2 rings (SSSR count). The maximum Gasteiger partial charge on any atom is 0.347 e. The van der Waals surface area contributed by atoms with E-state index in [1.54, 1.807) is 0 Å². The average Bonchev–Trinajstić information content (AvgIpc) is 2.87. The van der Waals surface area contributed by atoms with Crippen molar-refractivity contribution in [3.05, 3.63) is 12.0 Å². The van der Waals surface area contributed by atoms with Crippen molar-refractivity contribution in [3.8, 4) is 0 Å².